The van der Waals surface area contributed by atoms with Gasteiger partial charge in [-0.25, -0.2) is 0 Å². The van der Waals surface area contributed by atoms with E-state index < -0.39 is 12.0 Å². The van der Waals surface area contributed by atoms with Crippen LogP contribution in [0.3, 0.4) is 0 Å². The quantitative estimate of drug-likeness (QED) is 0.661. The Hall–Kier alpha value is -0.570. The van der Waals surface area contributed by atoms with Crippen LogP contribution in [0.15, 0.2) is 0 Å². The zero-order valence-electron chi connectivity index (χ0n) is 8.08. The van der Waals surface area contributed by atoms with Crippen molar-refractivity contribution in [1.82, 2.24) is 0 Å². The average Bonchev–Trinajstić information content (AvgIpc) is 1.84. The number of carboxylic acid groups (broad SMARTS) is 1. The lowest BCUT2D eigenvalue weighted by atomic mass is 9.93. The monoisotopic (exact) mass is 173 g/mol. The van der Waals surface area contributed by atoms with Gasteiger partial charge in [0, 0.05) is 0 Å². The van der Waals surface area contributed by atoms with Crippen molar-refractivity contribution in [3.8, 4) is 0 Å². The molecule has 3 nitrogen and oxygen atoms in total. The average molecular weight is 173 g/mol. The first-order valence-electron chi connectivity index (χ1n) is 4.41. The van der Waals surface area contributed by atoms with E-state index >= 15 is 0 Å². The summed E-state index contributed by atoms with van der Waals surface area (Å²) in [7, 11) is 0. The minimum absolute atomic E-state index is 0.399. The summed E-state index contributed by atoms with van der Waals surface area (Å²) >= 11 is 0. The molecule has 3 heteroatoms. The highest BCUT2D eigenvalue weighted by Crippen LogP contribution is 2.15. The molecule has 0 saturated heterocycles. The second kappa shape index (κ2) is 5.14. The Bertz CT molecular complexity index is 145. The number of carbonyl (C=O) groups is 1. The third-order valence-electron chi connectivity index (χ3n) is 1.85. The zero-order chi connectivity index (χ0) is 9.72. The summed E-state index contributed by atoms with van der Waals surface area (Å²) in [6.07, 6.45) is 1.62. The van der Waals surface area contributed by atoms with Crippen LogP contribution in [0, 0.1) is 11.8 Å². The molecule has 72 valence electrons. The normalized spacial score (nSPS) is 16.1. The van der Waals surface area contributed by atoms with Crippen LogP contribution in [0.25, 0.3) is 0 Å². The third kappa shape index (κ3) is 5.13. The maximum Gasteiger partial charge on any atom is 0.320 e. The Morgan fingerprint density at radius 3 is 2.17 bits per heavy atom. The zero-order valence-corrected chi connectivity index (χ0v) is 8.08. The van der Waals surface area contributed by atoms with Gasteiger partial charge in [0.2, 0.25) is 0 Å². The molecule has 0 amide bonds. The summed E-state index contributed by atoms with van der Waals surface area (Å²) in [5.74, 6) is 0.114. The van der Waals surface area contributed by atoms with Crippen molar-refractivity contribution in [2.45, 2.75) is 39.7 Å². The Morgan fingerprint density at radius 1 is 1.33 bits per heavy atom. The molecule has 2 atom stereocenters. The molecule has 0 aliphatic carbocycles. The highest BCUT2D eigenvalue weighted by atomic mass is 16.4. The molecule has 12 heavy (non-hydrogen) atoms. The second-order valence-electron chi connectivity index (χ2n) is 3.92. The summed E-state index contributed by atoms with van der Waals surface area (Å²) in [4.78, 5) is 10.4. The van der Waals surface area contributed by atoms with Crippen LogP contribution < -0.4 is 5.73 Å². The van der Waals surface area contributed by atoms with Crippen molar-refractivity contribution in [3.63, 3.8) is 0 Å². The van der Waals surface area contributed by atoms with Crippen molar-refractivity contribution in [2.75, 3.05) is 0 Å². The summed E-state index contributed by atoms with van der Waals surface area (Å²) in [6, 6.07) is -0.696. The van der Waals surface area contributed by atoms with E-state index in [0.717, 1.165) is 6.42 Å². The fraction of sp³-hybridized carbons (Fsp3) is 0.889. The van der Waals surface area contributed by atoms with Gasteiger partial charge in [0.05, 0.1) is 0 Å². The van der Waals surface area contributed by atoms with Gasteiger partial charge in [-0.15, -0.1) is 0 Å². The van der Waals surface area contributed by atoms with Crippen LogP contribution >= 0.6 is 0 Å². The number of nitrogens with two attached hydrogens (primary N) is 1. The first-order valence-corrected chi connectivity index (χ1v) is 4.41. The van der Waals surface area contributed by atoms with Crippen LogP contribution in [0.4, 0.5) is 0 Å². The van der Waals surface area contributed by atoms with E-state index in [2.05, 4.69) is 13.8 Å². The van der Waals surface area contributed by atoms with Crippen LogP contribution in [0.2, 0.25) is 0 Å². The highest BCUT2D eigenvalue weighted by Gasteiger charge is 2.15. The van der Waals surface area contributed by atoms with E-state index in [1.807, 2.05) is 6.92 Å². The van der Waals surface area contributed by atoms with E-state index in [-0.39, 0.29) is 0 Å². The van der Waals surface area contributed by atoms with Crippen molar-refractivity contribution in [1.29, 1.82) is 0 Å². The Balaban J connectivity index is 3.68. The number of aliphatic carboxylic acids is 1. The number of rotatable bonds is 5. The van der Waals surface area contributed by atoms with Crippen LogP contribution in [0.5, 0.6) is 0 Å². The molecule has 3 N–H and O–H groups in total. The van der Waals surface area contributed by atoms with Crippen molar-refractivity contribution >= 4 is 5.97 Å². The molecule has 0 saturated carbocycles. The molecule has 0 rings (SSSR count). The van der Waals surface area contributed by atoms with E-state index in [0.29, 0.717) is 18.3 Å². The van der Waals surface area contributed by atoms with Gasteiger partial charge in [0.15, 0.2) is 0 Å². The molecule has 0 aromatic carbocycles. The molecule has 0 spiro atoms. The molecule has 0 aromatic heterocycles. The SMILES string of the molecule is CC(C)CC(C)C[C@@H](N)C(=O)O. The Labute approximate surface area is 74.0 Å². The van der Waals surface area contributed by atoms with E-state index in [4.69, 9.17) is 10.8 Å². The summed E-state index contributed by atoms with van der Waals surface area (Å²) in [5, 5.41) is 8.54. The van der Waals surface area contributed by atoms with Gasteiger partial charge >= 0.3 is 5.97 Å². The summed E-state index contributed by atoms with van der Waals surface area (Å²) in [5.41, 5.74) is 5.39. The smallest absolute Gasteiger partial charge is 0.320 e. The molecule has 1 unspecified atom stereocenters. The molecule has 0 aromatic rings. The molecule has 0 bridgehead atoms. The van der Waals surface area contributed by atoms with E-state index in [1.54, 1.807) is 0 Å². The second-order valence-corrected chi connectivity index (χ2v) is 3.92. The molecule has 0 aliphatic heterocycles. The Morgan fingerprint density at radius 2 is 1.83 bits per heavy atom. The molecule has 0 radical (unpaired) electrons. The van der Waals surface area contributed by atoms with Crippen LogP contribution in [-0.2, 0) is 4.79 Å². The van der Waals surface area contributed by atoms with Gasteiger partial charge in [-0.05, 0) is 24.7 Å². The van der Waals surface area contributed by atoms with Crippen molar-refractivity contribution < 1.29 is 9.90 Å². The first kappa shape index (κ1) is 11.4. The van der Waals surface area contributed by atoms with Gasteiger partial charge < -0.3 is 10.8 Å². The fourth-order valence-electron chi connectivity index (χ4n) is 1.44. The van der Waals surface area contributed by atoms with E-state index in [9.17, 15) is 4.79 Å². The topological polar surface area (TPSA) is 63.3 Å². The highest BCUT2D eigenvalue weighted by molar-refractivity contribution is 5.72. The van der Waals surface area contributed by atoms with Crippen molar-refractivity contribution in [3.05, 3.63) is 0 Å². The minimum atomic E-state index is -0.898. The van der Waals surface area contributed by atoms with Gasteiger partial charge in [0.25, 0.3) is 0 Å². The van der Waals surface area contributed by atoms with E-state index in [1.165, 1.54) is 0 Å². The van der Waals surface area contributed by atoms with Crippen LogP contribution in [0.1, 0.15) is 33.6 Å². The van der Waals surface area contributed by atoms with Gasteiger partial charge in [-0.3, -0.25) is 4.79 Å². The molecule has 0 aliphatic rings. The Kier molecular flexibility index (Phi) is 4.90. The number of carboxylic acids is 1. The fourth-order valence-corrected chi connectivity index (χ4v) is 1.44. The molecular formula is C9H19NO2. The molecule has 0 fully saturated rings. The summed E-state index contributed by atoms with van der Waals surface area (Å²) in [6.45, 7) is 6.30. The number of hydrogen-bond donors (Lipinski definition) is 2. The lowest BCUT2D eigenvalue weighted by molar-refractivity contribution is -0.138. The molecular weight excluding hydrogens is 154 g/mol. The van der Waals surface area contributed by atoms with Gasteiger partial charge in [-0.1, -0.05) is 20.8 Å². The first-order chi connectivity index (χ1) is 5.43. The largest absolute Gasteiger partial charge is 0.480 e. The van der Waals surface area contributed by atoms with Crippen LogP contribution in [-0.4, -0.2) is 17.1 Å². The third-order valence-corrected chi connectivity index (χ3v) is 1.85. The standard InChI is InChI=1S/C9H19NO2/c1-6(2)4-7(3)5-8(10)9(11)12/h6-8H,4-5,10H2,1-3H3,(H,11,12)/t7?,8-/m1/s1. The predicted octanol–water partition coefficient (Wildman–Crippen LogP) is 1.47. The maximum atomic E-state index is 10.4. The predicted molar refractivity (Wildman–Crippen MR) is 48.8 cm³/mol. The maximum absolute atomic E-state index is 10.4. The lowest BCUT2D eigenvalue weighted by Gasteiger charge is -2.15. The summed E-state index contributed by atoms with van der Waals surface area (Å²) < 4.78 is 0. The lowest BCUT2D eigenvalue weighted by Crippen LogP contribution is -2.32. The molecule has 0 heterocycles. The van der Waals surface area contributed by atoms with Gasteiger partial charge in [0.1, 0.15) is 6.04 Å². The minimum Gasteiger partial charge on any atom is -0.480 e. The number of hydrogen-bond acceptors (Lipinski definition) is 2. The van der Waals surface area contributed by atoms with Gasteiger partial charge in [-0.2, -0.15) is 0 Å². The van der Waals surface area contributed by atoms with Crippen molar-refractivity contribution in [2.24, 2.45) is 17.6 Å².